The van der Waals surface area contributed by atoms with Gasteiger partial charge >= 0.3 is 5.97 Å². The van der Waals surface area contributed by atoms with Gasteiger partial charge in [-0.25, -0.2) is 0 Å². The lowest BCUT2D eigenvalue weighted by atomic mass is 10.0. The van der Waals surface area contributed by atoms with E-state index in [-0.39, 0.29) is 5.97 Å². The summed E-state index contributed by atoms with van der Waals surface area (Å²) >= 11 is 0. The molecule has 3 nitrogen and oxygen atoms in total. The third-order valence-corrected chi connectivity index (χ3v) is 3.39. The molecule has 2 aliphatic rings. The van der Waals surface area contributed by atoms with Crippen molar-refractivity contribution in [3.8, 4) is 0 Å². The molecule has 0 aromatic carbocycles. The van der Waals surface area contributed by atoms with E-state index in [1.807, 2.05) is 0 Å². The molecule has 2 fully saturated rings. The van der Waals surface area contributed by atoms with Crippen LogP contribution in [-0.2, 0) is 9.53 Å². The molecule has 2 aliphatic heterocycles. The Morgan fingerprint density at radius 1 is 1.31 bits per heavy atom. The SMILES string of the molecule is COC(=O)CN1[C@@H]2CCC[C@H]1CC2. The number of nitrogens with zero attached hydrogens (tertiary/aromatic N) is 1. The predicted octanol–water partition coefficient (Wildman–Crippen LogP) is 1.18. The maximum absolute atomic E-state index is 11.1. The molecular formula is C10H17NO2. The van der Waals surface area contributed by atoms with Crippen molar-refractivity contribution in [3.63, 3.8) is 0 Å². The molecule has 0 amide bonds. The Balaban J connectivity index is 1.95. The predicted molar refractivity (Wildman–Crippen MR) is 49.4 cm³/mol. The number of rotatable bonds is 2. The number of carbonyl (C=O) groups excluding carboxylic acids is 1. The van der Waals surface area contributed by atoms with Crippen LogP contribution in [0.25, 0.3) is 0 Å². The largest absolute Gasteiger partial charge is 0.468 e. The van der Waals surface area contributed by atoms with Crippen LogP contribution < -0.4 is 0 Å². The third kappa shape index (κ3) is 1.70. The summed E-state index contributed by atoms with van der Waals surface area (Å²) in [5.74, 6) is -0.0844. The summed E-state index contributed by atoms with van der Waals surface area (Å²) in [5, 5.41) is 0. The monoisotopic (exact) mass is 183 g/mol. The molecule has 2 bridgehead atoms. The van der Waals surface area contributed by atoms with Crippen LogP contribution in [0, 0.1) is 0 Å². The fourth-order valence-corrected chi connectivity index (χ4v) is 2.70. The molecule has 0 aliphatic carbocycles. The Labute approximate surface area is 79.0 Å². The molecule has 0 N–H and O–H groups in total. The van der Waals surface area contributed by atoms with Crippen molar-refractivity contribution < 1.29 is 9.53 Å². The molecule has 0 radical (unpaired) electrons. The highest BCUT2D eigenvalue weighted by Crippen LogP contribution is 2.34. The standard InChI is InChI=1S/C10H17NO2/c1-13-10(12)7-11-8-3-2-4-9(11)6-5-8/h8-9H,2-7H2,1H3/t8-,9+. The van der Waals surface area contributed by atoms with Crippen LogP contribution in [0.2, 0.25) is 0 Å². The van der Waals surface area contributed by atoms with Gasteiger partial charge in [-0.05, 0) is 25.7 Å². The Hall–Kier alpha value is -0.570. The lowest BCUT2D eigenvalue weighted by Gasteiger charge is -2.33. The van der Waals surface area contributed by atoms with Gasteiger partial charge in [0, 0.05) is 12.1 Å². The normalized spacial score (nSPS) is 33.3. The van der Waals surface area contributed by atoms with E-state index in [1.54, 1.807) is 0 Å². The molecule has 13 heavy (non-hydrogen) atoms. The van der Waals surface area contributed by atoms with Gasteiger partial charge in [0.25, 0.3) is 0 Å². The first-order valence-electron chi connectivity index (χ1n) is 5.14. The summed E-state index contributed by atoms with van der Waals surface area (Å²) in [6.07, 6.45) is 6.44. The molecule has 0 aromatic heterocycles. The van der Waals surface area contributed by atoms with E-state index >= 15 is 0 Å². The zero-order chi connectivity index (χ0) is 9.26. The molecule has 0 saturated carbocycles. The second-order valence-electron chi connectivity index (χ2n) is 4.06. The Kier molecular flexibility index (Phi) is 2.54. The Bertz CT molecular complexity index is 189. The van der Waals surface area contributed by atoms with Crippen molar-refractivity contribution in [2.75, 3.05) is 13.7 Å². The van der Waals surface area contributed by atoms with E-state index in [4.69, 9.17) is 4.74 Å². The summed E-state index contributed by atoms with van der Waals surface area (Å²) in [7, 11) is 1.47. The summed E-state index contributed by atoms with van der Waals surface area (Å²) in [5.41, 5.74) is 0. The van der Waals surface area contributed by atoms with Gasteiger partial charge in [0.1, 0.15) is 0 Å². The summed E-state index contributed by atoms with van der Waals surface area (Å²) in [4.78, 5) is 13.5. The first kappa shape index (κ1) is 9.00. The highest BCUT2D eigenvalue weighted by atomic mass is 16.5. The second-order valence-corrected chi connectivity index (χ2v) is 4.06. The zero-order valence-electron chi connectivity index (χ0n) is 8.16. The molecule has 2 rings (SSSR count). The molecular weight excluding hydrogens is 166 g/mol. The van der Waals surface area contributed by atoms with E-state index in [1.165, 1.54) is 39.2 Å². The van der Waals surface area contributed by atoms with Crippen LogP contribution in [0.15, 0.2) is 0 Å². The molecule has 2 heterocycles. The minimum Gasteiger partial charge on any atom is -0.468 e. The number of piperidine rings is 1. The fourth-order valence-electron chi connectivity index (χ4n) is 2.70. The van der Waals surface area contributed by atoms with E-state index in [0.29, 0.717) is 18.6 Å². The van der Waals surface area contributed by atoms with Crippen LogP contribution in [0.3, 0.4) is 0 Å². The van der Waals surface area contributed by atoms with Gasteiger partial charge in [0.15, 0.2) is 0 Å². The van der Waals surface area contributed by atoms with Crippen molar-refractivity contribution in [1.82, 2.24) is 4.90 Å². The van der Waals surface area contributed by atoms with Gasteiger partial charge in [-0.2, -0.15) is 0 Å². The smallest absolute Gasteiger partial charge is 0.319 e. The Morgan fingerprint density at radius 2 is 1.92 bits per heavy atom. The number of methoxy groups -OCH3 is 1. The fraction of sp³-hybridized carbons (Fsp3) is 0.900. The van der Waals surface area contributed by atoms with Crippen molar-refractivity contribution in [2.45, 2.75) is 44.2 Å². The molecule has 74 valence electrons. The van der Waals surface area contributed by atoms with Crippen LogP contribution in [0.5, 0.6) is 0 Å². The van der Waals surface area contributed by atoms with E-state index in [0.717, 1.165) is 0 Å². The number of carbonyl (C=O) groups is 1. The van der Waals surface area contributed by atoms with Gasteiger partial charge in [0.2, 0.25) is 0 Å². The molecule has 0 spiro atoms. The van der Waals surface area contributed by atoms with Crippen LogP contribution in [-0.4, -0.2) is 36.6 Å². The van der Waals surface area contributed by atoms with Crippen molar-refractivity contribution >= 4 is 5.97 Å². The Morgan fingerprint density at radius 3 is 2.46 bits per heavy atom. The number of hydrogen-bond donors (Lipinski definition) is 0. The van der Waals surface area contributed by atoms with Crippen molar-refractivity contribution in [1.29, 1.82) is 0 Å². The van der Waals surface area contributed by atoms with Crippen LogP contribution in [0.1, 0.15) is 32.1 Å². The number of esters is 1. The van der Waals surface area contributed by atoms with Gasteiger partial charge in [-0.15, -0.1) is 0 Å². The molecule has 0 unspecified atom stereocenters. The maximum atomic E-state index is 11.1. The topological polar surface area (TPSA) is 29.5 Å². The first-order chi connectivity index (χ1) is 6.31. The van der Waals surface area contributed by atoms with Gasteiger partial charge < -0.3 is 4.74 Å². The van der Waals surface area contributed by atoms with E-state index < -0.39 is 0 Å². The second kappa shape index (κ2) is 3.66. The van der Waals surface area contributed by atoms with Gasteiger partial charge in [-0.3, -0.25) is 9.69 Å². The van der Waals surface area contributed by atoms with Gasteiger partial charge in [-0.1, -0.05) is 6.42 Å². The van der Waals surface area contributed by atoms with Crippen LogP contribution >= 0.6 is 0 Å². The summed E-state index contributed by atoms with van der Waals surface area (Å²) in [6.45, 7) is 0.506. The molecule has 2 atom stereocenters. The zero-order valence-corrected chi connectivity index (χ0v) is 8.16. The van der Waals surface area contributed by atoms with Crippen molar-refractivity contribution in [2.24, 2.45) is 0 Å². The quantitative estimate of drug-likeness (QED) is 0.602. The average Bonchev–Trinajstić information content (AvgIpc) is 2.41. The summed E-state index contributed by atoms with van der Waals surface area (Å²) < 4.78 is 4.70. The number of ether oxygens (including phenoxy) is 1. The molecule has 3 heteroatoms. The average molecular weight is 183 g/mol. The third-order valence-electron chi connectivity index (χ3n) is 3.39. The maximum Gasteiger partial charge on any atom is 0.319 e. The highest BCUT2D eigenvalue weighted by molar-refractivity contribution is 5.71. The first-order valence-corrected chi connectivity index (χ1v) is 5.14. The minimum atomic E-state index is -0.0844. The summed E-state index contributed by atoms with van der Waals surface area (Å²) in [6, 6.07) is 1.33. The van der Waals surface area contributed by atoms with E-state index in [9.17, 15) is 4.79 Å². The van der Waals surface area contributed by atoms with E-state index in [2.05, 4.69) is 4.90 Å². The minimum absolute atomic E-state index is 0.0844. The lowest BCUT2D eigenvalue weighted by molar-refractivity contribution is -0.143. The lowest BCUT2D eigenvalue weighted by Crippen LogP contribution is -2.43. The van der Waals surface area contributed by atoms with Crippen molar-refractivity contribution in [3.05, 3.63) is 0 Å². The molecule has 0 aromatic rings. The molecule has 2 saturated heterocycles. The van der Waals surface area contributed by atoms with Gasteiger partial charge in [0.05, 0.1) is 13.7 Å². The van der Waals surface area contributed by atoms with Crippen LogP contribution in [0.4, 0.5) is 0 Å². The number of fused-ring (bicyclic) bond motifs is 2. The highest BCUT2D eigenvalue weighted by Gasteiger charge is 2.37. The number of hydrogen-bond acceptors (Lipinski definition) is 3.